The number of unbranched alkanes of at least 4 members (excludes halogenated alkanes) is 26. The highest BCUT2D eigenvalue weighted by atomic mass is 16.6. The van der Waals surface area contributed by atoms with Crippen LogP contribution >= 0.6 is 0 Å². The van der Waals surface area contributed by atoms with E-state index in [4.69, 9.17) is 14.2 Å². The van der Waals surface area contributed by atoms with E-state index in [0.29, 0.717) is 19.3 Å². The number of esters is 3. The second-order valence-corrected chi connectivity index (χ2v) is 17.1. The molecule has 0 aliphatic heterocycles. The summed E-state index contributed by atoms with van der Waals surface area (Å²) in [6.07, 6.45) is 39.5. The third-order valence-corrected chi connectivity index (χ3v) is 11.1. The predicted molar refractivity (Wildman–Crippen MR) is 229 cm³/mol. The lowest BCUT2D eigenvalue weighted by molar-refractivity contribution is -0.167. The maximum absolute atomic E-state index is 12.7. The Morgan fingerprint density at radius 1 is 0.389 bits per heavy atom. The van der Waals surface area contributed by atoms with E-state index in [1.54, 1.807) is 0 Å². The molecule has 0 fully saturated rings. The van der Waals surface area contributed by atoms with Gasteiger partial charge in [-0.1, -0.05) is 221 Å². The number of hydrogen-bond acceptors (Lipinski definition) is 6. The smallest absolute Gasteiger partial charge is 0.306 e. The molecular formula is C48H92O6. The fourth-order valence-corrected chi connectivity index (χ4v) is 7.07. The number of ether oxygens (including phenoxy) is 3. The SMILES string of the molecule is CCCCCCCCCCCC(=O)OC[C@@H](COC(=O)CCCCCCCCC(C)CC)OC(=O)CCCCCCCCCCCCCCCCC(C)C. The molecule has 0 spiro atoms. The van der Waals surface area contributed by atoms with Gasteiger partial charge in [-0.2, -0.15) is 0 Å². The summed E-state index contributed by atoms with van der Waals surface area (Å²) in [5.41, 5.74) is 0. The van der Waals surface area contributed by atoms with Crippen LogP contribution in [0.25, 0.3) is 0 Å². The van der Waals surface area contributed by atoms with E-state index in [9.17, 15) is 14.4 Å². The van der Waals surface area contributed by atoms with Crippen molar-refractivity contribution in [2.24, 2.45) is 11.8 Å². The quantitative estimate of drug-likeness (QED) is 0.0350. The molecule has 0 saturated carbocycles. The van der Waals surface area contributed by atoms with Crippen LogP contribution in [-0.4, -0.2) is 37.2 Å². The molecule has 0 aromatic heterocycles. The minimum atomic E-state index is -0.760. The van der Waals surface area contributed by atoms with Gasteiger partial charge in [-0.15, -0.1) is 0 Å². The van der Waals surface area contributed by atoms with E-state index < -0.39 is 6.10 Å². The van der Waals surface area contributed by atoms with Gasteiger partial charge in [0.25, 0.3) is 0 Å². The molecule has 0 aromatic rings. The van der Waals surface area contributed by atoms with E-state index in [-0.39, 0.29) is 31.1 Å². The van der Waals surface area contributed by atoms with Crippen molar-refractivity contribution in [3.05, 3.63) is 0 Å². The molecule has 6 heteroatoms. The molecule has 6 nitrogen and oxygen atoms in total. The van der Waals surface area contributed by atoms with Crippen LogP contribution in [0.2, 0.25) is 0 Å². The molecule has 0 heterocycles. The molecule has 0 aliphatic rings. The van der Waals surface area contributed by atoms with Gasteiger partial charge in [-0.05, 0) is 31.1 Å². The number of carbonyl (C=O) groups excluding carboxylic acids is 3. The average Bonchev–Trinajstić information content (AvgIpc) is 3.15. The molecule has 54 heavy (non-hydrogen) atoms. The lowest BCUT2D eigenvalue weighted by atomic mass is 10.00. The topological polar surface area (TPSA) is 78.9 Å². The second kappa shape index (κ2) is 41.1. The number of hydrogen-bond donors (Lipinski definition) is 0. The van der Waals surface area contributed by atoms with Crippen molar-refractivity contribution in [1.29, 1.82) is 0 Å². The Morgan fingerprint density at radius 3 is 1.06 bits per heavy atom. The van der Waals surface area contributed by atoms with Gasteiger partial charge in [0.1, 0.15) is 13.2 Å². The van der Waals surface area contributed by atoms with Gasteiger partial charge < -0.3 is 14.2 Å². The summed E-state index contributed by atoms with van der Waals surface area (Å²) in [5.74, 6) is 0.798. The summed E-state index contributed by atoms with van der Waals surface area (Å²) in [6.45, 7) is 11.3. The molecule has 2 atom stereocenters. The van der Waals surface area contributed by atoms with Crippen LogP contribution in [0.5, 0.6) is 0 Å². The first kappa shape index (κ1) is 52.4. The maximum Gasteiger partial charge on any atom is 0.306 e. The Morgan fingerprint density at radius 2 is 0.704 bits per heavy atom. The maximum atomic E-state index is 12.7. The molecule has 0 amide bonds. The highest BCUT2D eigenvalue weighted by Crippen LogP contribution is 2.17. The molecule has 0 bridgehead atoms. The fourth-order valence-electron chi connectivity index (χ4n) is 7.07. The van der Waals surface area contributed by atoms with E-state index in [0.717, 1.165) is 69.6 Å². The van der Waals surface area contributed by atoms with Gasteiger partial charge in [-0.3, -0.25) is 14.4 Å². The minimum Gasteiger partial charge on any atom is -0.462 e. The summed E-state index contributed by atoms with van der Waals surface area (Å²) in [5, 5.41) is 0. The zero-order valence-electron chi connectivity index (χ0n) is 36.8. The Balaban J connectivity index is 4.28. The highest BCUT2D eigenvalue weighted by molar-refractivity contribution is 5.71. The van der Waals surface area contributed by atoms with Crippen LogP contribution in [0.15, 0.2) is 0 Å². The van der Waals surface area contributed by atoms with Crippen LogP contribution in [0.3, 0.4) is 0 Å². The average molecular weight is 765 g/mol. The normalized spacial score (nSPS) is 12.6. The van der Waals surface area contributed by atoms with Crippen LogP contribution in [0.1, 0.15) is 259 Å². The fraction of sp³-hybridized carbons (Fsp3) is 0.938. The predicted octanol–water partition coefficient (Wildman–Crippen LogP) is 15.0. The summed E-state index contributed by atoms with van der Waals surface area (Å²) in [7, 11) is 0. The summed E-state index contributed by atoms with van der Waals surface area (Å²) >= 11 is 0. The first-order valence-electron chi connectivity index (χ1n) is 23.8. The van der Waals surface area contributed by atoms with Gasteiger partial charge in [0, 0.05) is 19.3 Å². The molecule has 0 radical (unpaired) electrons. The molecular weight excluding hydrogens is 673 g/mol. The van der Waals surface area contributed by atoms with Crippen molar-refractivity contribution in [2.75, 3.05) is 13.2 Å². The molecule has 320 valence electrons. The third kappa shape index (κ3) is 40.1. The molecule has 0 N–H and O–H groups in total. The van der Waals surface area contributed by atoms with Crippen molar-refractivity contribution in [3.63, 3.8) is 0 Å². The van der Waals surface area contributed by atoms with Crippen molar-refractivity contribution in [2.45, 2.75) is 265 Å². The van der Waals surface area contributed by atoms with Crippen LogP contribution < -0.4 is 0 Å². The highest BCUT2D eigenvalue weighted by Gasteiger charge is 2.19. The van der Waals surface area contributed by atoms with Crippen LogP contribution in [0.4, 0.5) is 0 Å². The van der Waals surface area contributed by atoms with E-state index in [1.165, 1.54) is 148 Å². The molecule has 1 unspecified atom stereocenters. The van der Waals surface area contributed by atoms with Gasteiger partial charge in [0.05, 0.1) is 0 Å². The Bertz CT molecular complexity index is 826. The van der Waals surface area contributed by atoms with E-state index in [2.05, 4.69) is 34.6 Å². The lowest BCUT2D eigenvalue weighted by Crippen LogP contribution is -2.30. The zero-order chi connectivity index (χ0) is 39.7. The molecule has 0 saturated heterocycles. The van der Waals surface area contributed by atoms with Crippen molar-refractivity contribution in [3.8, 4) is 0 Å². The van der Waals surface area contributed by atoms with Gasteiger partial charge >= 0.3 is 17.9 Å². The first-order chi connectivity index (χ1) is 26.3. The largest absolute Gasteiger partial charge is 0.462 e. The minimum absolute atomic E-state index is 0.0652. The third-order valence-electron chi connectivity index (χ3n) is 11.1. The lowest BCUT2D eigenvalue weighted by Gasteiger charge is -2.18. The Hall–Kier alpha value is -1.59. The van der Waals surface area contributed by atoms with E-state index in [1.807, 2.05) is 0 Å². The Kier molecular flexibility index (Phi) is 39.8. The van der Waals surface area contributed by atoms with Crippen molar-refractivity contribution in [1.82, 2.24) is 0 Å². The summed E-state index contributed by atoms with van der Waals surface area (Å²) in [6, 6.07) is 0. The zero-order valence-corrected chi connectivity index (χ0v) is 36.8. The summed E-state index contributed by atoms with van der Waals surface area (Å²) in [4.78, 5) is 37.7. The van der Waals surface area contributed by atoms with Crippen LogP contribution in [0, 0.1) is 11.8 Å². The number of rotatable bonds is 42. The number of carbonyl (C=O) groups is 3. The molecule has 0 aromatic carbocycles. The van der Waals surface area contributed by atoms with Gasteiger partial charge in [0.15, 0.2) is 6.10 Å². The molecule has 0 rings (SSSR count). The molecule has 0 aliphatic carbocycles. The Labute approximate surface area is 336 Å². The van der Waals surface area contributed by atoms with Crippen molar-refractivity contribution >= 4 is 17.9 Å². The van der Waals surface area contributed by atoms with Gasteiger partial charge in [0.2, 0.25) is 0 Å². The summed E-state index contributed by atoms with van der Waals surface area (Å²) < 4.78 is 16.7. The van der Waals surface area contributed by atoms with Crippen LogP contribution in [-0.2, 0) is 28.6 Å². The monoisotopic (exact) mass is 765 g/mol. The van der Waals surface area contributed by atoms with Gasteiger partial charge in [-0.25, -0.2) is 0 Å². The van der Waals surface area contributed by atoms with E-state index >= 15 is 0 Å². The second-order valence-electron chi connectivity index (χ2n) is 17.1. The standard InChI is InChI=1S/C48H92O6/c1-6-8-9-10-11-18-22-28-33-38-46(49)52-41-45(42-53-47(50)39-34-29-25-24-27-32-37-44(5)7-2)54-48(51)40-35-30-23-20-17-15-13-12-14-16-19-21-26-31-36-43(3)4/h43-45H,6-42H2,1-5H3/t44?,45-/m0/s1. The first-order valence-corrected chi connectivity index (χ1v) is 23.8. The van der Waals surface area contributed by atoms with Crippen molar-refractivity contribution < 1.29 is 28.6 Å².